The fraction of sp³-hybridized carbons (Fsp3) is 0.615. The van der Waals surface area contributed by atoms with Crippen LogP contribution in [0.2, 0.25) is 5.02 Å². The molecule has 1 fully saturated rings. The summed E-state index contributed by atoms with van der Waals surface area (Å²) >= 11 is 5.99. The number of nitrogens with zero attached hydrogens (tertiary/aromatic N) is 2. The first kappa shape index (κ1) is 13.4. The molecule has 0 spiro atoms. The molecule has 1 saturated carbocycles. The van der Waals surface area contributed by atoms with Crippen molar-refractivity contribution < 1.29 is 9.90 Å². The van der Waals surface area contributed by atoms with Crippen LogP contribution in [0.4, 0.5) is 0 Å². The Morgan fingerprint density at radius 3 is 2.78 bits per heavy atom. The highest BCUT2D eigenvalue weighted by atomic mass is 35.5. The molecule has 1 N–H and O–H groups in total. The first-order valence-corrected chi connectivity index (χ1v) is 6.71. The van der Waals surface area contributed by atoms with Gasteiger partial charge in [-0.3, -0.25) is 4.79 Å². The second-order valence-corrected chi connectivity index (χ2v) is 5.43. The maximum atomic E-state index is 12.5. The van der Waals surface area contributed by atoms with Crippen molar-refractivity contribution in [2.75, 3.05) is 13.2 Å². The first-order chi connectivity index (χ1) is 8.54. The van der Waals surface area contributed by atoms with Crippen LogP contribution in [0.25, 0.3) is 0 Å². The predicted molar refractivity (Wildman–Crippen MR) is 71.0 cm³/mol. The number of hydrogen-bond acceptors (Lipinski definition) is 2. The topological polar surface area (TPSA) is 45.5 Å². The van der Waals surface area contributed by atoms with Gasteiger partial charge in [-0.25, -0.2) is 0 Å². The van der Waals surface area contributed by atoms with Crippen molar-refractivity contribution in [1.82, 2.24) is 9.47 Å². The number of halogens is 1. The summed E-state index contributed by atoms with van der Waals surface area (Å²) in [6.45, 7) is 4.42. The third kappa shape index (κ3) is 2.70. The highest BCUT2D eigenvalue weighted by molar-refractivity contribution is 6.31. The minimum absolute atomic E-state index is 0.00163. The van der Waals surface area contributed by atoms with Crippen molar-refractivity contribution in [2.24, 2.45) is 0 Å². The third-order valence-corrected chi connectivity index (χ3v) is 3.39. The van der Waals surface area contributed by atoms with Crippen molar-refractivity contribution in [2.45, 2.75) is 38.8 Å². The fourth-order valence-electron chi connectivity index (χ4n) is 2.14. The van der Waals surface area contributed by atoms with Gasteiger partial charge in [0.15, 0.2) is 0 Å². The summed E-state index contributed by atoms with van der Waals surface area (Å²) in [5.74, 6) is -0.0350. The van der Waals surface area contributed by atoms with Crippen molar-refractivity contribution >= 4 is 17.5 Å². The zero-order valence-corrected chi connectivity index (χ0v) is 11.5. The maximum Gasteiger partial charge on any atom is 0.270 e. The van der Waals surface area contributed by atoms with Gasteiger partial charge in [0.25, 0.3) is 5.91 Å². The van der Waals surface area contributed by atoms with Crippen LogP contribution in [0, 0.1) is 0 Å². The van der Waals surface area contributed by atoms with Crippen LogP contribution in [0.5, 0.6) is 0 Å². The van der Waals surface area contributed by atoms with Crippen LogP contribution in [-0.2, 0) is 0 Å². The number of carbonyl (C=O) groups excluding carboxylic acids is 1. The van der Waals surface area contributed by atoms with E-state index in [2.05, 4.69) is 0 Å². The van der Waals surface area contributed by atoms with Gasteiger partial charge in [0, 0.05) is 24.8 Å². The van der Waals surface area contributed by atoms with E-state index < -0.39 is 0 Å². The lowest BCUT2D eigenvalue weighted by molar-refractivity contribution is 0.0695. The standard InChI is InChI=1S/C13H19ClN2O2/c1-9(2)16-8-10(14)7-12(16)13(18)15(5-6-17)11-3-4-11/h7-9,11,17H,3-6H2,1-2H3. The van der Waals surface area contributed by atoms with E-state index in [1.54, 1.807) is 17.2 Å². The van der Waals surface area contributed by atoms with Crippen molar-refractivity contribution in [3.8, 4) is 0 Å². The molecule has 0 aliphatic heterocycles. The molecule has 2 rings (SSSR count). The molecule has 0 aromatic carbocycles. The van der Waals surface area contributed by atoms with Crippen molar-refractivity contribution in [3.05, 3.63) is 23.0 Å². The largest absolute Gasteiger partial charge is 0.395 e. The quantitative estimate of drug-likeness (QED) is 0.892. The van der Waals surface area contributed by atoms with Gasteiger partial charge in [-0.05, 0) is 32.8 Å². The summed E-state index contributed by atoms with van der Waals surface area (Å²) in [5, 5.41) is 9.64. The van der Waals surface area contributed by atoms with Gasteiger partial charge in [0.2, 0.25) is 0 Å². The minimum atomic E-state index is -0.0350. The second kappa shape index (κ2) is 5.33. The lowest BCUT2D eigenvalue weighted by atomic mass is 10.3. The summed E-state index contributed by atoms with van der Waals surface area (Å²) in [6, 6.07) is 2.18. The van der Waals surface area contributed by atoms with Gasteiger partial charge in [-0.15, -0.1) is 0 Å². The van der Waals surface area contributed by atoms with Gasteiger partial charge in [0.05, 0.1) is 11.6 Å². The Labute approximate surface area is 112 Å². The maximum absolute atomic E-state index is 12.5. The summed E-state index contributed by atoms with van der Waals surface area (Å²) in [5.41, 5.74) is 0.607. The minimum Gasteiger partial charge on any atom is -0.395 e. The molecule has 5 heteroatoms. The molecule has 0 bridgehead atoms. The SMILES string of the molecule is CC(C)n1cc(Cl)cc1C(=O)N(CCO)C1CC1. The molecule has 0 unspecified atom stereocenters. The highest BCUT2D eigenvalue weighted by Gasteiger charge is 2.34. The summed E-state index contributed by atoms with van der Waals surface area (Å²) in [4.78, 5) is 14.2. The van der Waals surface area contributed by atoms with Gasteiger partial charge in [-0.2, -0.15) is 0 Å². The molecule has 1 aromatic rings. The van der Waals surface area contributed by atoms with E-state index in [-0.39, 0.29) is 18.6 Å². The number of carbonyl (C=O) groups is 1. The second-order valence-electron chi connectivity index (χ2n) is 5.00. The Balaban J connectivity index is 2.26. The van der Waals surface area contributed by atoms with E-state index in [1.807, 2.05) is 18.4 Å². The van der Waals surface area contributed by atoms with E-state index in [0.717, 1.165) is 12.8 Å². The van der Waals surface area contributed by atoms with E-state index >= 15 is 0 Å². The van der Waals surface area contributed by atoms with E-state index in [4.69, 9.17) is 16.7 Å². The molecule has 0 saturated heterocycles. The highest BCUT2D eigenvalue weighted by Crippen LogP contribution is 2.29. The molecule has 100 valence electrons. The van der Waals surface area contributed by atoms with Crippen LogP contribution in [0.3, 0.4) is 0 Å². The van der Waals surface area contributed by atoms with E-state index in [1.165, 1.54) is 0 Å². The van der Waals surface area contributed by atoms with Gasteiger partial charge >= 0.3 is 0 Å². The van der Waals surface area contributed by atoms with Crippen LogP contribution >= 0.6 is 11.6 Å². The Morgan fingerprint density at radius 2 is 2.28 bits per heavy atom. The van der Waals surface area contributed by atoms with E-state index in [9.17, 15) is 4.79 Å². The summed E-state index contributed by atoms with van der Waals surface area (Å²) in [7, 11) is 0. The number of hydrogen-bond donors (Lipinski definition) is 1. The van der Waals surface area contributed by atoms with Crippen LogP contribution in [0.1, 0.15) is 43.2 Å². The molecule has 18 heavy (non-hydrogen) atoms. The normalized spacial score (nSPS) is 15.2. The number of rotatable bonds is 5. The molecule has 4 nitrogen and oxygen atoms in total. The lowest BCUT2D eigenvalue weighted by Gasteiger charge is -2.23. The number of aliphatic hydroxyl groups excluding tert-OH is 1. The van der Waals surface area contributed by atoms with Gasteiger partial charge < -0.3 is 14.6 Å². The molecule has 1 aromatic heterocycles. The first-order valence-electron chi connectivity index (χ1n) is 6.33. The molecule has 1 aliphatic carbocycles. The monoisotopic (exact) mass is 270 g/mol. The predicted octanol–water partition coefficient (Wildman–Crippen LogP) is 2.32. The summed E-state index contributed by atoms with van der Waals surface area (Å²) < 4.78 is 1.89. The molecule has 0 radical (unpaired) electrons. The zero-order valence-electron chi connectivity index (χ0n) is 10.8. The molecule has 1 aliphatic rings. The Hall–Kier alpha value is -1.00. The van der Waals surface area contributed by atoms with Gasteiger partial charge in [-0.1, -0.05) is 11.6 Å². The summed E-state index contributed by atoms with van der Waals surface area (Å²) in [6.07, 6.45) is 3.84. The van der Waals surface area contributed by atoms with E-state index in [0.29, 0.717) is 23.3 Å². The molecule has 1 amide bonds. The number of amides is 1. The molecule has 0 atom stereocenters. The number of aliphatic hydroxyl groups is 1. The van der Waals surface area contributed by atoms with Gasteiger partial charge in [0.1, 0.15) is 5.69 Å². The smallest absolute Gasteiger partial charge is 0.270 e. The fourth-order valence-corrected chi connectivity index (χ4v) is 2.34. The van der Waals surface area contributed by atoms with Crippen molar-refractivity contribution in [1.29, 1.82) is 0 Å². The average Bonchev–Trinajstić information content (AvgIpc) is 3.07. The molecular weight excluding hydrogens is 252 g/mol. The van der Waals surface area contributed by atoms with Crippen LogP contribution in [-0.4, -0.2) is 39.7 Å². The Bertz CT molecular complexity index is 438. The number of aromatic nitrogens is 1. The molecular formula is C13H19ClN2O2. The van der Waals surface area contributed by atoms with Crippen molar-refractivity contribution in [3.63, 3.8) is 0 Å². The third-order valence-electron chi connectivity index (χ3n) is 3.18. The Kier molecular flexibility index (Phi) is 3.97. The lowest BCUT2D eigenvalue weighted by Crippen LogP contribution is -2.36. The Morgan fingerprint density at radius 1 is 1.61 bits per heavy atom. The zero-order chi connectivity index (χ0) is 13.3. The average molecular weight is 271 g/mol. The van der Waals surface area contributed by atoms with Crippen LogP contribution in [0.15, 0.2) is 12.3 Å². The van der Waals surface area contributed by atoms with Crippen LogP contribution < -0.4 is 0 Å². The molecule has 1 heterocycles.